The second-order valence-electron chi connectivity index (χ2n) is 6.08. The zero-order chi connectivity index (χ0) is 14.5. The first-order valence-electron chi connectivity index (χ1n) is 7.41. The van der Waals surface area contributed by atoms with E-state index in [4.69, 9.17) is 5.26 Å². The minimum atomic E-state index is 0.455. The van der Waals surface area contributed by atoms with Gasteiger partial charge >= 0.3 is 0 Å². The maximum absolute atomic E-state index is 8.87. The molecule has 1 aromatic rings. The number of aromatic nitrogens is 2. The molecule has 1 saturated heterocycles. The Morgan fingerprint density at radius 1 is 1.25 bits per heavy atom. The minimum absolute atomic E-state index is 0.455. The van der Waals surface area contributed by atoms with Gasteiger partial charge in [0, 0.05) is 58.1 Å². The molecule has 20 heavy (non-hydrogen) atoms. The van der Waals surface area contributed by atoms with Gasteiger partial charge in [0.15, 0.2) is 0 Å². The Labute approximate surface area is 121 Å². The normalized spacial score (nSPS) is 17.6. The predicted molar refractivity (Wildman–Crippen MR) is 79.1 cm³/mol. The van der Waals surface area contributed by atoms with E-state index in [0.717, 1.165) is 49.9 Å². The van der Waals surface area contributed by atoms with Gasteiger partial charge in [-0.1, -0.05) is 13.8 Å². The highest BCUT2D eigenvalue weighted by Gasteiger charge is 2.19. The third-order valence-corrected chi connectivity index (χ3v) is 3.72. The van der Waals surface area contributed by atoms with Gasteiger partial charge < -0.3 is 4.90 Å². The second-order valence-corrected chi connectivity index (χ2v) is 6.08. The average molecular weight is 275 g/mol. The molecule has 0 saturated carbocycles. The number of hydrogen-bond donors (Lipinski definition) is 0. The van der Waals surface area contributed by atoms with E-state index in [-0.39, 0.29) is 0 Å². The van der Waals surface area contributed by atoms with Crippen molar-refractivity contribution in [3.8, 4) is 6.07 Å². The summed E-state index contributed by atoms with van der Waals surface area (Å²) in [5.41, 5.74) is 2.13. The summed E-state index contributed by atoms with van der Waals surface area (Å²) in [6.45, 7) is 11.1. The SMILES string of the molecule is CC(C)CN1CCN(Cc2nn(C)cc2CC#N)CC1. The first-order valence-corrected chi connectivity index (χ1v) is 7.41. The molecule has 0 aromatic carbocycles. The molecule has 0 aliphatic carbocycles. The molecule has 1 aliphatic rings. The molecular formula is C15H25N5. The highest BCUT2D eigenvalue weighted by Crippen LogP contribution is 2.13. The quantitative estimate of drug-likeness (QED) is 0.812. The summed E-state index contributed by atoms with van der Waals surface area (Å²) < 4.78 is 1.82. The van der Waals surface area contributed by atoms with Crippen LogP contribution in [0.2, 0.25) is 0 Å². The van der Waals surface area contributed by atoms with Crippen molar-refractivity contribution in [3.05, 3.63) is 17.5 Å². The number of piperazine rings is 1. The van der Waals surface area contributed by atoms with Crippen LogP contribution in [-0.2, 0) is 20.0 Å². The molecular weight excluding hydrogens is 250 g/mol. The number of nitrogens with zero attached hydrogens (tertiary/aromatic N) is 5. The molecule has 0 amide bonds. The smallest absolute Gasteiger partial charge is 0.0807 e. The van der Waals surface area contributed by atoms with Crippen molar-refractivity contribution in [2.75, 3.05) is 32.7 Å². The van der Waals surface area contributed by atoms with E-state index < -0.39 is 0 Å². The lowest BCUT2D eigenvalue weighted by Gasteiger charge is -2.35. The second kappa shape index (κ2) is 6.87. The van der Waals surface area contributed by atoms with Gasteiger partial charge in [-0.25, -0.2) is 0 Å². The number of rotatable bonds is 5. The zero-order valence-corrected chi connectivity index (χ0v) is 12.8. The molecule has 1 fully saturated rings. The van der Waals surface area contributed by atoms with Crippen molar-refractivity contribution < 1.29 is 0 Å². The molecule has 0 radical (unpaired) electrons. The summed E-state index contributed by atoms with van der Waals surface area (Å²) in [7, 11) is 1.92. The first kappa shape index (κ1) is 15.0. The summed E-state index contributed by atoms with van der Waals surface area (Å²) in [6.07, 6.45) is 2.42. The topological polar surface area (TPSA) is 48.1 Å². The number of hydrogen-bond acceptors (Lipinski definition) is 4. The minimum Gasteiger partial charge on any atom is -0.301 e. The van der Waals surface area contributed by atoms with Crippen molar-refractivity contribution in [2.45, 2.75) is 26.8 Å². The lowest BCUT2D eigenvalue weighted by atomic mass is 10.1. The molecule has 110 valence electrons. The molecule has 5 nitrogen and oxygen atoms in total. The molecule has 0 spiro atoms. The van der Waals surface area contributed by atoms with Crippen molar-refractivity contribution in [3.63, 3.8) is 0 Å². The predicted octanol–water partition coefficient (Wildman–Crippen LogP) is 1.26. The van der Waals surface area contributed by atoms with E-state index in [1.807, 2.05) is 17.9 Å². The lowest BCUT2D eigenvalue weighted by Crippen LogP contribution is -2.47. The third kappa shape index (κ3) is 4.06. The van der Waals surface area contributed by atoms with Crippen LogP contribution in [0.5, 0.6) is 0 Å². The first-order chi connectivity index (χ1) is 9.58. The van der Waals surface area contributed by atoms with E-state index in [2.05, 4.69) is 34.8 Å². The van der Waals surface area contributed by atoms with Crippen LogP contribution in [0.15, 0.2) is 6.20 Å². The Morgan fingerprint density at radius 3 is 2.50 bits per heavy atom. The van der Waals surface area contributed by atoms with Gasteiger partial charge in [-0.2, -0.15) is 10.4 Å². The summed E-state index contributed by atoms with van der Waals surface area (Å²) in [4.78, 5) is 4.98. The molecule has 1 aromatic heterocycles. The summed E-state index contributed by atoms with van der Waals surface area (Å²) in [5.74, 6) is 0.736. The van der Waals surface area contributed by atoms with Gasteiger partial charge in [0.2, 0.25) is 0 Å². The molecule has 1 aliphatic heterocycles. The zero-order valence-electron chi connectivity index (χ0n) is 12.8. The monoisotopic (exact) mass is 275 g/mol. The Morgan fingerprint density at radius 2 is 1.90 bits per heavy atom. The van der Waals surface area contributed by atoms with Gasteiger partial charge in [0.1, 0.15) is 0 Å². The fraction of sp³-hybridized carbons (Fsp3) is 0.733. The van der Waals surface area contributed by atoms with E-state index >= 15 is 0 Å². The highest BCUT2D eigenvalue weighted by molar-refractivity contribution is 5.20. The highest BCUT2D eigenvalue weighted by atomic mass is 15.3. The maximum atomic E-state index is 8.87. The van der Waals surface area contributed by atoms with Crippen LogP contribution in [0, 0.1) is 17.2 Å². The van der Waals surface area contributed by atoms with Crippen molar-refractivity contribution in [1.82, 2.24) is 19.6 Å². The van der Waals surface area contributed by atoms with E-state index in [1.165, 1.54) is 6.54 Å². The Kier molecular flexibility index (Phi) is 5.16. The van der Waals surface area contributed by atoms with Crippen LogP contribution >= 0.6 is 0 Å². The Hall–Kier alpha value is -1.38. The van der Waals surface area contributed by atoms with Crippen LogP contribution in [-0.4, -0.2) is 52.3 Å². The van der Waals surface area contributed by atoms with Gasteiger partial charge in [-0.3, -0.25) is 9.58 Å². The van der Waals surface area contributed by atoms with E-state index in [1.54, 1.807) is 0 Å². The van der Waals surface area contributed by atoms with Gasteiger partial charge in [0.05, 0.1) is 18.2 Å². The van der Waals surface area contributed by atoms with Crippen molar-refractivity contribution in [2.24, 2.45) is 13.0 Å². The third-order valence-electron chi connectivity index (χ3n) is 3.72. The molecule has 2 rings (SSSR count). The average Bonchev–Trinajstić information content (AvgIpc) is 2.72. The van der Waals surface area contributed by atoms with Gasteiger partial charge in [-0.15, -0.1) is 0 Å². The van der Waals surface area contributed by atoms with Crippen LogP contribution in [0.1, 0.15) is 25.1 Å². The standard InChI is InChI=1S/C15H25N5/c1-13(2)10-19-6-8-20(9-7-19)12-15-14(4-5-16)11-18(3)17-15/h11,13H,4,6-10,12H2,1-3H3. The number of nitriles is 1. The molecule has 0 bridgehead atoms. The summed E-state index contributed by atoms with van der Waals surface area (Å²) >= 11 is 0. The van der Waals surface area contributed by atoms with Crippen molar-refractivity contribution in [1.29, 1.82) is 5.26 Å². The van der Waals surface area contributed by atoms with E-state index in [9.17, 15) is 0 Å². The van der Waals surface area contributed by atoms with E-state index in [0.29, 0.717) is 6.42 Å². The van der Waals surface area contributed by atoms with Gasteiger partial charge in [-0.05, 0) is 5.92 Å². The Bertz CT molecular complexity index is 463. The fourth-order valence-electron chi connectivity index (χ4n) is 2.81. The van der Waals surface area contributed by atoms with Gasteiger partial charge in [0.25, 0.3) is 0 Å². The molecule has 0 N–H and O–H groups in total. The van der Waals surface area contributed by atoms with Crippen LogP contribution < -0.4 is 0 Å². The molecule has 0 unspecified atom stereocenters. The lowest BCUT2D eigenvalue weighted by molar-refractivity contribution is 0.116. The van der Waals surface area contributed by atoms with Crippen LogP contribution in [0.25, 0.3) is 0 Å². The largest absolute Gasteiger partial charge is 0.301 e. The number of aryl methyl sites for hydroxylation is 1. The van der Waals surface area contributed by atoms with Crippen LogP contribution in [0.4, 0.5) is 0 Å². The summed E-state index contributed by atoms with van der Waals surface area (Å²) in [6, 6.07) is 2.22. The fourth-order valence-corrected chi connectivity index (χ4v) is 2.81. The van der Waals surface area contributed by atoms with Crippen molar-refractivity contribution >= 4 is 0 Å². The molecule has 5 heteroatoms. The summed E-state index contributed by atoms with van der Waals surface area (Å²) in [5, 5.41) is 13.4. The molecule has 2 heterocycles. The molecule has 0 atom stereocenters. The van der Waals surface area contributed by atoms with Crippen LogP contribution in [0.3, 0.4) is 0 Å². The Balaban J connectivity index is 1.88. The maximum Gasteiger partial charge on any atom is 0.0807 e.